The van der Waals surface area contributed by atoms with Gasteiger partial charge in [-0.1, -0.05) is 18.2 Å². The molecule has 0 spiro atoms. The van der Waals surface area contributed by atoms with E-state index in [1.165, 1.54) is 10.9 Å². The minimum absolute atomic E-state index is 0.161. The van der Waals surface area contributed by atoms with E-state index in [1.54, 1.807) is 0 Å². The molecule has 0 atom stereocenters. The van der Waals surface area contributed by atoms with Crippen molar-refractivity contribution in [1.29, 1.82) is 0 Å². The predicted molar refractivity (Wildman–Crippen MR) is 72.4 cm³/mol. The van der Waals surface area contributed by atoms with Crippen LogP contribution < -0.4 is 11.2 Å². The highest BCUT2D eigenvalue weighted by molar-refractivity contribution is 5.46. The summed E-state index contributed by atoms with van der Waals surface area (Å²) in [5.74, 6) is 0.161. The molecule has 1 aromatic carbocycles. The predicted octanol–water partition coefficient (Wildman–Crippen LogP) is 1.61. The van der Waals surface area contributed by atoms with E-state index in [0.717, 1.165) is 16.8 Å². The SMILES string of the molecule is CCONc1ncn(-c2c(C)cccc2C)c(=O)n1. The highest BCUT2D eigenvalue weighted by atomic mass is 16.6. The number of anilines is 1. The standard InChI is InChI=1S/C13H16N4O2/c1-4-19-16-12-14-8-17(13(18)15-12)11-9(2)6-5-7-10(11)3/h5-8H,4H2,1-3H3,(H,15,16,18). The molecule has 19 heavy (non-hydrogen) atoms. The summed E-state index contributed by atoms with van der Waals surface area (Å²) in [6.45, 7) is 6.18. The van der Waals surface area contributed by atoms with Crippen LogP contribution in [-0.2, 0) is 4.84 Å². The lowest BCUT2D eigenvalue weighted by Crippen LogP contribution is -2.24. The molecule has 0 fully saturated rings. The van der Waals surface area contributed by atoms with Crippen molar-refractivity contribution in [1.82, 2.24) is 14.5 Å². The van der Waals surface area contributed by atoms with Crippen LogP contribution in [0.3, 0.4) is 0 Å². The number of aryl methyl sites for hydroxylation is 2. The average molecular weight is 260 g/mol. The van der Waals surface area contributed by atoms with E-state index in [-0.39, 0.29) is 5.95 Å². The van der Waals surface area contributed by atoms with E-state index in [0.29, 0.717) is 6.61 Å². The van der Waals surface area contributed by atoms with Gasteiger partial charge in [-0.15, -0.1) is 0 Å². The molecule has 0 bridgehead atoms. The topological polar surface area (TPSA) is 69.0 Å². The number of hydrogen-bond donors (Lipinski definition) is 1. The molecule has 100 valence electrons. The first-order chi connectivity index (χ1) is 9.13. The van der Waals surface area contributed by atoms with Crippen molar-refractivity contribution in [2.24, 2.45) is 0 Å². The minimum Gasteiger partial charge on any atom is -0.274 e. The van der Waals surface area contributed by atoms with Crippen molar-refractivity contribution in [2.75, 3.05) is 12.1 Å². The Bertz CT molecular complexity index is 617. The zero-order valence-electron chi connectivity index (χ0n) is 11.2. The number of hydrogen-bond acceptors (Lipinski definition) is 5. The van der Waals surface area contributed by atoms with Crippen LogP contribution in [0.1, 0.15) is 18.1 Å². The van der Waals surface area contributed by atoms with Gasteiger partial charge in [0, 0.05) is 0 Å². The number of rotatable bonds is 4. The van der Waals surface area contributed by atoms with Crippen LogP contribution in [-0.4, -0.2) is 21.1 Å². The second kappa shape index (κ2) is 5.62. The summed E-state index contributed by atoms with van der Waals surface area (Å²) >= 11 is 0. The van der Waals surface area contributed by atoms with E-state index in [1.807, 2.05) is 39.0 Å². The molecule has 1 aromatic heterocycles. The smallest absolute Gasteiger partial charge is 0.274 e. The first-order valence-corrected chi connectivity index (χ1v) is 6.03. The zero-order chi connectivity index (χ0) is 13.8. The Morgan fingerprint density at radius 3 is 2.58 bits per heavy atom. The molecule has 0 aliphatic rings. The van der Waals surface area contributed by atoms with Gasteiger partial charge < -0.3 is 0 Å². The molecule has 2 aromatic rings. The molecule has 0 amide bonds. The summed E-state index contributed by atoms with van der Waals surface area (Å²) in [7, 11) is 0. The van der Waals surface area contributed by atoms with E-state index in [9.17, 15) is 4.79 Å². The van der Waals surface area contributed by atoms with Crippen LogP contribution >= 0.6 is 0 Å². The maximum Gasteiger partial charge on any atom is 0.356 e. The van der Waals surface area contributed by atoms with Gasteiger partial charge in [0.2, 0.25) is 0 Å². The van der Waals surface area contributed by atoms with Gasteiger partial charge in [-0.05, 0) is 31.9 Å². The van der Waals surface area contributed by atoms with Gasteiger partial charge in [-0.2, -0.15) is 4.98 Å². The molecule has 0 radical (unpaired) electrons. The normalized spacial score (nSPS) is 10.5. The maximum absolute atomic E-state index is 12.0. The third-order valence-corrected chi connectivity index (χ3v) is 2.69. The molecular formula is C13H16N4O2. The van der Waals surface area contributed by atoms with E-state index >= 15 is 0 Å². The Balaban J connectivity index is 2.44. The Kier molecular flexibility index (Phi) is 3.91. The zero-order valence-corrected chi connectivity index (χ0v) is 11.2. The van der Waals surface area contributed by atoms with Crippen LogP contribution in [0.4, 0.5) is 5.95 Å². The third-order valence-electron chi connectivity index (χ3n) is 2.69. The number of nitrogens with zero attached hydrogens (tertiary/aromatic N) is 3. The molecule has 2 rings (SSSR count). The van der Waals surface area contributed by atoms with Crippen LogP contribution in [0.15, 0.2) is 29.3 Å². The highest BCUT2D eigenvalue weighted by Gasteiger charge is 2.08. The fourth-order valence-corrected chi connectivity index (χ4v) is 1.86. The van der Waals surface area contributed by atoms with Crippen molar-refractivity contribution < 1.29 is 4.84 Å². The van der Waals surface area contributed by atoms with Crippen molar-refractivity contribution in [2.45, 2.75) is 20.8 Å². The summed E-state index contributed by atoms with van der Waals surface area (Å²) < 4.78 is 1.43. The maximum atomic E-state index is 12.0. The monoisotopic (exact) mass is 260 g/mol. The summed E-state index contributed by atoms with van der Waals surface area (Å²) in [6.07, 6.45) is 1.45. The van der Waals surface area contributed by atoms with Crippen molar-refractivity contribution in [3.8, 4) is 5.69 Å². The van der Waals surface area contributed by atoms with Gasteiger partial charge in [-0.3, -0.25) is 9.40 Å². The fourth-order valence-electron chi connectivity index (χ4n) is 1.86. The van der Waals surface area contributed by atoms with E-state index in [2.05, 4.69) is 15.4 Å². The molecule has 1 heterocycles. The van der Waals surface area contributed by atoms with Crippen LogP contribution in [0.2, 0.25) is 0 Å². The number of aromatic nitrogens is 3. The summed E-state index contributed by atoms with van der Waals surface area (Å²) in [4.78, 5) is 24.8. The Labute approximate surface area is 111 Å². The lowest BCUT2D eigenvalue weighted by molar-refractivity contribution is 0.207. The quantitative estimate of drug-likeness (QED) is 0.846. The van der Waals surface area contributed by atoms with E-state index < -0.39 is 5.69 Å². The van der Waals surface area contributed by atoms with Gasteiger partial charge in [0.15, 0.2) is 0 Å². The van der Waals surface area contributed by atoms with Gasteiger partial charge in [0.1, 0.15) is 6.33 Å². The fraction of sp³-hybridized carbons (Fsp3) is 0.308. The second-order valence-corrected chi connectivity index (χ2v) is 4.11. The third kappa shape index (κ3) is 2.79. The van der Waals surface area contributed by atoms with Gasteiger partial charge in [0.25, 0.3) is 5.95 Å². The molecule has 0 saturated carbocycles. The Morgan fingerprint density at radius 1 is 1.32 bits per heavy atom. The minimum atomic E-state index is -0.394. The molecule has 0 aliphatic carbocycles. The van der Waals surface area contributed by atoms with Crippen molar-refractivity contribution >= 4 is 5.95 Å². The molecule has 6 heteroatoms. The van der Waals surface area contributed by atoms with Gasteiger partial charge in [-0.25, -0.2) is 15.3 Å². The second-order valence-electron chi connectivity index (χ2n) is 4.11. The van der Waals surface area contributed by atoms with Gasteiger partial charge >= 0.3 is 5.69 Å². The molecule has 0 saturated heterocycles. The Hall–Kier alpha value is -2.21. The summed E-state index contributed by atoms with van der Waals surface area (Å²) in [5, 5.41) is 0. The van der Waals surface area contributed by atoms with Crippen LogP contribution in [0.5, 0.6) is 0 Å². The molecule has 0 aliphatic heterocycles. The molecule has 6 nitrogen and oxygen atoms in total. The number of para-hydroxylation sites is 1. The first-order valence-electron chi connectivity index (χ1n) is 6.03. The lowest BCUT2D eigenvalue weighted by Gasteiger charge is -2.11. The van der Waals surface area contributed by atoms with Crippen LogP contribution in [0.25, 0.3) is 5.69 Å². The lowest BCUT2D eigenvalue weighted by atomic mass is 10.1. The summed E-state index contributed by atoms with van der Waals surface area (Å²) in [6, 6.07) is 5.84. The van der Waals surface area contributed by atoms with E-state index in [4.69, 9.17) is 4.84 Å². The highest BCUT2D eigenvalue weighted by Crippen LogP contribution is 2.16. The number of benzene rings is 1. The number of nitrogens with one attached hydrogen (secondary N) is 1. The Morgan fingerprint density at radius 2 is 2.00 bits per heavy atom. The van der Waals surface area contributed by atoms with Crippen LogP contribution in [0, 0.1) is 13.8 Å². The van der Waals surface area contributed by atoms with Gasteiger partial charge in [0.05, 0.1) is 12.3 Å². The molecule has 0 unspecified atom stereocenters. The van der Waals surface area contributed by atoms with Crippen molar-refractivity contribution in [3.05, 3.63) is 46.1 Å². The molecular weight excluding hydrogens is 244 g/mol. The largest absolute Gasteiger partial charge is 0.356 e. The van der Waals surface area contributed by atoms with Crippen molar-refractivity contribution in [3.63, 3.8) is 0 Å². The first kappa shape index (κ1) is 13.2. The molecule has 1 N–H and O–H groups in total. The average Bonchev–Trinajstić information content (AvgIpc) is 2.38. The summed E-state index contributed by atoms with van der Waals surface area (Å²) in [5.41, 5.74) is 4.92.